The van der Waals surface area contributed by atoms with E-state index in [2.05, 4.69) is 0 Å². The highest BCUT2D eigenvalue weighted by Gasteiger charge is 2.37. The number of rotatable bonds is 1. The number of anilines is 1. The Morgan fingerprint density at radius 3 is 2.05 bits per heavy atom. The molecule has 19 heavy (non-hydrogen) atoms. The number of hydrogen-bond donors (Lipinski definition) is 0. The molecule has 94 valence electrons. The minimum atomic E-state index is -0.327. The number of imide groups is 1. The molecule has 1 aliphatic heterocycles. The Kier molecular flexibility index (Phi) is 2.64. The zero-order chi connectivity index (χ0) is 13.6. The molecule has 0 atom stereocenters. The number of fused-ring (bicyclic) bond motifs is 1. The molecule has 0 unspecified atom stereocenters. The molecule has 3 nitrogen and oxygen atoms in total. The van der Waals surface area contributed by atoms with Crippen molar-refractivity contribution in [3.05, 3.63) is 64.2 Å². The maximum Gasteiger partial charge on any atom is 0.266 e. The summed E-state index contributed by atoms with van der Waals surface area (Å²) in [6.45, 7) is 1.90. The van der Waals surface area contributed by atoms with E-state index in [0.29, 0.717) is 21.8 Å². The fourth-order valence-corrected chi connectivity index (χ4v) is 2.52. The summed E-state index contributed by atoms with van der Waals surface area (Å²) in [6.07, 6.45) is 0. The molecule has 0 bridgehead atoms. The average Bonchev–Trinajstić information content (AvgIpc) is 2.64. The molecule has 0 radical (unpaired) electrons. The number of benzene rings is 2. The predicted molar refractivity (Wildman–Crippen MR) is 73.8 cm³/mol. The van der Waals surface area contributed by atoms with E-state index >= 15 is 0 Å². The molecule has 3 rings (SSSR count). The highest BCUT2D eigenvalue weighted by Crippen LogP contribution is 2.33. The largest absolute Gasteiger partial charge is 0.268 e. The molecule has 2 aromatic rings. The van der Waals surface area contributed by atoms with Crippen molar-refractivity contribution in [2.45, 2.75) is 6.92 Å². The van der Waals surface area contributed by atoms with Gasteiger partial charge >= 0.3 is 0 Å². The Bertz CT molecular complexity index is 674. The van der Waals surface area contributed by atoms with Crippen LogP contribution in [0.15, 0.2) is 42.5 Å². The zero-order valence-corrected chi connectivity index (χ0v) is 10.9. The van der Waals surface area contributed by atoms with Gasteiger partial charge in [0.1, 0.15) is 0 Å². The molecule has 0 saturated carbocycles. The third kappa shape index (κ3) is 1.74. The SMILES string of the molecule is Cc1ccc(N2C(=O)c3ccccc3C2=O)c(Cl)c1. The number of nitrogens with zero attached hydrogens (tertiary/aromatic N) is 1. The van der Waals surface area contributed by atoms with Gasteiger partial charge in [-0.15, -0.1) is 0 Å². The van der Waals surface area contributed by atoms with Crippen molar-refractivity contribution in [3.8, 4) is 0 Å². The number of carbonyl (C=O) groups is 2. The van der Waals surface area contributed by atoms with Crippen LogP contribution < -0.4 is 4.90 Å². The Hall–Kier alpha value is -2.13. The maximum atomic E-state index is 12.3. The molecule has 2 aromatic carbocycles. The van der Waals surface area contributed by atoms with Gasteiger partial charge in [-0.25, -0.2) is 4.90 Å². The average molecular weight is 272 g/mol. The Morgan fingerprint density at radius 2 is 1.53 bits per heavy atom. The van der Waals surface area contributed by atoms with E-state index in [1.165, 1.54) is 0 Å². The molecule has 4 heteroatoms. The van der Waals surface area contributed by atoms with Gasteiger partial charge in [0.05, 0.1) is 21.8 Å². The van der Waals surface area contributed by atoms with Crippen molar-refractivity contribution >= 4 is 29.1 Å². The first kappa shape index (κ1) is 11.9. The van der Waals surface area contributed by atoms with Crippen LogP contribution in [0.25, 0.3) is 0 Å². The molecule has 0 spiro atoms. The summed E-state index contributed by atoms with van der Waals surface area (Å²) < 4.78 is 0. The lowest BCUT2D eigenvalue weighted by molar-refractivity contribution is 0.0926. The second-order valence-corrected chi connectivity index (χ2v) is 4.85. The molecule has 0 N–H and O–H groups in total. The summed E-state index contributed by atoms with van der Waals surface area (Å²) in [5.41, 5.74) is 2.25. The van der Waals surface area contributed by atoms with Crippen molar-refractivity contribution in [1.82, 2.24) is 0 Å². The zero-order valence-electron chi connectivity index (χ0n) is 10.2. The van der Waals surface area contributed by atoms with E-state index in [0.717, 1.165) is 10.5 Å². The molecule has 1 aliphatic rings. The second kappa shape index (κ2) is 4.21. The van der Waals surface area contributed by atoms with Crippen molar-refractivity contribution in [1.29, 1.82) is 0 Å². The van der Waals surface area contributed by atoms with Crippen LogP contribution in [0, 0.1) is 6.92 Å². The fraction of sp³-hybridized carbons (Fsp3) is 0.0667. The van der Waals surface area contributed by atoms with E-state index in [9.17, 15) is 9.59 Å². The molecule has 0 fully saturated rings. The lowest BCUT2D eigenvalue weighted by atomic mass is 10.1. The quantitative estimate of drug-likeness (QED) is 0.745. The van der Waals surface area contributed by atoms with E-state index in [-0.39, 0.29) is 11.8 Å². The van der Waals surface area contributed by atoms with Crippen LogP contribution in [0.3, 0.4) is 0 Å². The van der Waals surface area contributed by atoms with Crippen LogP contribution in [0.2, 0.25) is 5.02 Å². The van der Waals surface area contributed by atoms with Gasteiger partial charge in [-0.1, -0.05) is 29.8 Å². The maximum absolute atomic E-state index is 12.3. The number of carbonyl (C=O) groups excluding carboxylic acids is 2. The third-order valence-electron chi connectivity index (χ3n) is 3.14. The lowest BCUT2D eigenvalue weighted by Crippen LogP contribution is -2.29. The topological polar surface area (TPSA) is 37.4 Å². The molecular formula is C15H10ClNO2. The summed E-state index contributed by atoms with van der Waals surface area (Å²) in [5, 5.41) is 0.398. The summed E-state index contributed by atoms with van der Waals surface area (Å²) in [5.74, 6) is -0.655. The van der Waals surface area contributed by atoms with Crippen molar-refractivity contribution < 1.29 is 9.59 Å². The van der Waals surface area contributed by atoms with Crippen LogP contribution in [0.4, 0.5) is 5.69 Å². The molecule has 1 heterocycles. The highest BCUT2D eigenvalue weighted by molar-refractivity contribution is 6.39. The van der Waals surface area contributed by atoms with Gasteiger partial charge < -0.3 is 0 Å². The standard InChI is InChI=1S/C15H10ClNO2/c1-9-6-7-13(12(16)8-9)17-14(18)10-4-2-3-5-11(10)15(17)19/h2-8H,1H3. The third-order valence-corrected chi connectivity index (χ3v) is 3.44. The Labute approximate surface area is 115 Å². The summed E-state index contributed by atoms with van der Waals surface area (Å²) in [4.78, 5) is 25.7. The van der Waals surface area contributed by atoms with Crippen LogP contribution >= 0.6 is 11.6 Å². The second-order valence-electron chi connectivity index (χ2n) is 4.45. The Morgan fingerprint density at radius 1 is 0.947 bits per heavy atom. The van der Waals surface area contributed by atoms with E-state index in [1.54, 1.807) is 36.4 Å². The monoisotopic (exact) mass is 271 g/mol. The van der Waals surface area contributed by atoms with Gasteiger partial charge in [-0.05, 0) is 36.8 Å². The van der Waals surface area contributed by atoms with Crippen LogP contribution in [0.5, 0.6) is 0 Å². The predicted octanol–water partition coefficient (Wildman–Crippen LogP) is 3.45. The minimum Gasteiger partial charge on any atom is -0.268 e. The number of hydrogen-bond acceptors (Lipinski definition) is 2. The molecule has 0 aromatic heterocycles. The normalized spacial score (nSPS) is 13.9. The van der Waals surface area contributed by atoms with Crippen molar-refractivity contribution in [2.75, 3.05) is 4.90 Å². The van der Waals surface area contributed by atoms with Crippen LogP contribution in [-0.4, -0.2) is 11.8 Å². The van der Waals surface area contributed by atoms with Crippen LogP contribution in [0.1, 0.15) is 26.3 Å². The lowest BCUT2D eigenvalue weighted by Gasteiger charge is -2.15. The first-order valence-electron chi connectivity index (χ1n) is 5.83. The van der Waals surface area contributed by atoms with Crippen molar-refractivity contribution in [3.63, 3.8) is 0 Å². The van der Waals surface area contributed by atoms with Gasteiger partial charge in [0.25, 0.3) is 11.8 Å². The van der Waals surface area contributed by atoms with Gasteiger partial charge in [0, 0.05) is 0 Å². The van der Waals surface area contributed by atoms with Gasteiger partial charge in [-0.2, -0.15) is 0 Å². The summed E-state index contributed by atoms with van der Waals surface area (Å²) in [7, 11) is 0. The summed E-state index contributed by atoms with van der Waals surface area (Å²) in [6, 6.07) is 12.0. The first-order valence-corrected chi connectivity index (χ1v) is 6.21. The smallest absolute Gasteiger partial charge is 0.266 e. The highest BCUT2D eigenvalue weighted by atomic mass is 35.5. The van der Waals surface area contributed by atoms with E-state index < -0.39 is 0 Å². The molecule has 2 amide bonds. The summed E-state index contributed by atoms with van der Waals surface area (Å²) >= 11 is 6.14. The number of halogens is 1. The fourth-order valence-electron chi connectivity index (χ4n) is 2.20. The van der Waals surface area contributed by atoms with Gasteiger partial charge in [0.15, 0.2) is 0 Å². The number of amides is 2. The first-order chi connectivity index (χ1) is 9.09. The van der Waals surface area contributed by atoms with Gasteiger partial charge in [-0.3, -0.25) is 9.59 Å². The molecule has 0 saturated heterocycles. The minimum absolute atomic E-state index is 0.327. The van der Waals surface area contributed by atoms with Crippen molar-refractivity contribution in [2.24, 2.45) is 0 Å². The Balaban J connectivity index is 2.14. The molecule has 0 aliphatic carbocycles. The van der Waals surface area contributed by atoms with E-state index in [1.807, 2.05) is 13.0 Å². The van der Waals surface area contributed by atoms with Crippen LogP contribution in [-0.2, 0) is 0 Å². The number of aryl methyl sites for hydroxylation is 1. The van der Waals surface area contributed by atoms with Gasteiger partial charge in [0.2, 0.25) is 0 Å². The van der Waals surface area contributed by atoms with E-state index in [4.69, 9.17) is 11.6 Å². The molecular weight excluding hydrogens is 262 g/mol.